The molecular weight excluding hydrogens is 461 g/mol. The van der Waals surface area contributed by atoms with Gasteiger partial charge in [-0.05, 0) is 57.2 Å². The number of carbonyl (C=O) groups is 2. The van der Waals surface area contributed by atoms with E-state index in [1.807, 2.05) is 0 Å². The van der Waals surface area contributed by atoms with Gasteiger partial charge in [-0.25, -0.2) is 0 Å². The molecule has 0 aliphatic carbocycles. The summed E-state index contributed by atoms with van der Waals surface area (Å²) >= 11 is 6.00. The fraction of sp³-hybridized carbons (Fsp3) is 0.333. The van der Waals surface area contributed by atoms with Gasteiger partial charge in [-0.15, -0.1) is 0 Å². The Morgan fingerprint density at radius 3 is 2.59 bits per heavy atom. The first-order chi connectivity index (χ1) is 14.9. The van der Waals surface area contributed by atoms with Crippen molar-refractivity contribution in [3.8, 4) is 5.75 Å². The highest BCUT2D eigenvalue weighted by molar-refractivity contribution is 7.44. The molecule has 1 aliphatic heterocycles. The van der Waals surface area contributed by atoms with Gasteiger partial charge in [-0.3, -0.25) is 18.7 Å². The Bertz CT molecular complexity index is 1080. The van der Waals surface area contributed by atoms with Crippen LogP contribution in [0.5, 0.6) is 5.75 Å². The normalized spacial score (nSPS) is 21.1. The van der Waals surface area contributed by atoms with Crippen LogP contribution < -0.4 is 14.9 Å². The molecule has 2 aromatic rings. The summed E-state index contributed by atoms with van der Waals surface area (Å²) in [6.45, 7) is 3.98. The number of Topliss-reactive ketones (excluding diaryl/α,β-unsaturated/α-hetero) is 1. The van der Waals surface area contributed by atoms with E-state index in [4.69, 9.17) is 26.0 Å². The third-order valence-electron chi connectivity index (χ3n) is 4.95. The van der Waals surface area contributed by atoms with Crippen LogP contribution in [0.1, 0.15) is 53.1 Å². The van der Waals surface area contributed by atoms with Gasteiger partial charge in [-0.1, -0.05) is 17.7 Å². The molecule has 172 valence electrons. The Morgan fingerprint density at radius 2 is 1.97 bits per heavy atom. The Hall–Kier alpha value is -2.26. The SMILES string of the molecule is CC(=O)c1ccc2c(c1)[C@H](NC(=O)c1cccc(Cl)c1)[C@H](OCOP(=O)([O-])O)C(C)(C)O2. The molecule has 9 nitrogen and oxygen atoms in total. The molecule has 0 saturated carbocycles. The Morgan fingerprint density at radius 1 is 1.25 bits per heavy atom. The topological polar surface area (TPSA) is 134 Å². The van der Waals surface area contributed by atoms with Crippen LogP contribution in [0.2, 0.25) is 5.02 Å². The van der Waals surface area contributed by atoms with Crippen LogP contribution in [0.25, 0.3) is 0 Å². The lowest BCUT2D eigenvalue weighted by atomic mass is 9.85. The van der Waals surface area contributed by atoms with E-state index in [-0.39, 0.29) is 5.78 Å². The molecule has 11 heteroatoms. The molecule has 32 heavy (non-hydrogen) atoms. The largest absolute Gasteiger partial charge is 0.756 e. The fourth-order valence-electron chi connectivity index (χ4n) is 3.48. The van der Waals surface area contributed by atoms with Gasteiger partial charge in [0.05, 0.1) is 6.04 Å². The van der Waals surface area contributed by atoms with Crippen LogP contribution in [0.3, 0.4) is 0 Å². The molecule has 3 atom stereocenters. The summed E-state index contributed by atoms with van der Waals surface area (Å²) in [5.41, 5.74) is 0.0959. The highest BCUT2D eigenvalue weighted by atomic mass is 35.5. The fourth-order valence-corrected chi connectivity index (χ4v) is 3.87. The van der Waals surface area contributed by atoms with Crippen LogP contribution in [0.4, 0.5) is 0 Å². The molecule has 2 N–H and O–H groups in total. The Labute approximate surface area is 189 Å². The maximum atomic E-state index is 13.0. The number of carbonyl (C=O) groups excluding carboxylic acids is 2. The molecule has 1 aliphatic rings. The van der Waals surface area contributed by atoms with Gasteiger partial charge < -0.3 is 24.6 Å². The predicted octanol–water partition coefficient (Wildman–Crippen LogP) is 3.00. The van der Waals surface area contributed by atoms with E-state index in [2.05, 4.69) is 9.84 Å². The van der Waals surface area contributed by atoms with E-state index in [1.54, 1.807) is 50.2 Å². The Balaban J connectivity index is 2.01. The van der Waals surface area contributed by atoms with Crippen molar-refractivity contribution in [1.29, 1.82) is 0 Å². The lowest BCUT2D eigenvalue weighted by Gasteiger charge is -2.44. The molecule has 1 amide bonds. The summed E-state index contributed by atoms with van der Waals surface area (Å²) in [5, 5.41) is 3.23. The number of phosphoric acid groups is 1. The number of ketones is 1. The van der Waals surface area contributed by atoms with Crippen molar-refractivity contribution in [3.63, 3.8) is 0 Å². The number of nitrogens with one attached hydrogen (secondary N) is 1. The van der Waals surface area contributed by atoms with E-state index in [1.165, 1.54) is 13.0 Å². The number of rotatable bonds is 7. The van der Waals surface area contributed by atoms with E-state index < -0.39 is 38.3 Å². The smallest absolute Gasteiger partial charge is 0.267 e. The number of ether oxygens (including phenoxy) is 2. The van der Waals surface area contributed by atoms with Crippen molar-refractivity contribution in [1.82, 2.24) is 5.32 Å². The summed E-state index contributed by atoms with van der Waals surface area (Å²) in [6.07, 6.45) is -0.952. The average Bonchev–Trinajstić information content (AvgIpc) is 2.68. The molecule has 0 aromatic heterocycles. The quantitative estimate of drug-likeness (QED) is 0.349. The Kier molecular flexibility index (Phi) is 7.09. The second-order valence-electron chi connectivity index (χ2n) is 7.78. The summed E-state index contributed by atoms with van der Waals surface area (Å²) in [4.78, 5) is 44.7. The second kappa shape index (κ2) is 9.31. The number of hydrogen-bond acceptors (Lipinski definition) is 7. The molecule has 1 heterocycles. The van der Waals surface area contributed by atoms with Crippen molar-refractivity contribution in [2.45, 2.75) is 38.5 Å². The number of hydrogen-bond donors (Lipinski definition) is 2. The van der Waals surface area contributed by atoms with Crippen LogP contribution in [-0.4, -0.2) is 35.1 Å². The third kappa shape index (κ3) is 5.75. The van der Waals surface area contributed by atoms with Crippen LogP contribution in [0.15, 0.2) is 42.5 Å². The van der Waals surface area contributed by atoms with Gasteiger partial charge in [0.2, 0.25) is 0 Å². The highest BCUT2D eigenvalue weighted by Gasteiger charge is 2.46. The van der Waals surface area contributed by atoms with E-state index in [0.29, 0.717) is 27.5 Å². The van der Waals surface area contributed by atoms with Gasteiger partial charge >= 0.3 is 0 Å². The summed E-state index contributed by atoms with van der Waals surface area (Å²) in [6, 6.07) is 10.3. The first-order valence-corrected chi connectivity index (χ1v) is 11.4. The number of phosphoric ester groups is 1. The second-order valence-corrected chi connectivity index (χ2v) is 9.41. The minimum atomic E-state index is -5.03. The molecule has 1 unspecified atom stereocenters. The minimum Gasteiger partial charge on any atom is -0.756 e. The lowest BCUT2D eigenvalue weighted by molar-refractivity contribution is -0.234. The first kappa shape index (κ1) is 24.4. The predicted molar refractivity (Wildman–Crippen MR) is 113 cm³/mol. The van der Waals surface area contributed by atoms with Crippen LogP contribution in [-0.2, 0) is 13.8 Å². The summed E-state index contributed by atoms with van der Waals surface area (Å²) in [7, 11) is -5.03. The molecule has 0 radical (unpaired) electrons. The molecule has 2 aromatic carbocycles. The number of benzene rings is 2. The number of amides is 1. The molecule has 0 fully saturated rings. The van der Waals surface area contributed by atoms with E-state index in [9.17, 15) is 19.0 Å². The molecule has 0 bridgehead atoms. The number of fused-ring (bicyclic) bond motifs is 1. The number of halogens is 1. The van der Waals surface area contributed by atoms with Gasteiger partial charge in [0, 0.05) is 21.7 Å². The molecule has 0 spiro atoms. The van der Waals surface area contributed by atoms with Crippen molar-refractivity contribution in [3.05, 3.63) is 64.2 Å². The maximum Gasteiger partial charge on any atom is 0.267 e. The molecule has 0 saturated heterocycles. The standard InChI is InChI=1S/C21H23ClNO8P/c1-12(24)13-7-8-17-16(10-13)18(23-20(25)14-5-4-6-15(22)9-14)19(21(2,3)31-17)29-11-30-32(26,27)28/h4-10,18-19H,11H2,1-3H3,(H,23,25)(H2,26,27,28)/p-1/t18-,19-/m0/s1. The van der Waals surface area contributed by atoms with Crippen LogP contribution >= 0.6 is 19.4 Å². The van der Waals surface area contributed by atoms with Gasteiger partial charge in [0.1, 0.15) is 17.5 Å². The zero-order valence-corrected chi connectivity index (χ0v) is 19.2. The zero-order chi connectivity index (χ0) is 23.7. The van der Waals surface area contributed by atoms with E-state index >= 15 is 0 Å². The maximum absolute atomic E-state index is 13.0. The molecule has 3 rings (SSSR count). The summed E-state index contributed by atoms with van der Waals surface area (Å²) < 4.78 is 26.9. The third-order valence-corrected chi connectivity index (χ3v) is 5.62. The van der Waals surface area contributed by atoms with Crippen molar-refractivity contribution in [2.24, 2.45) is 0 Å². The van der Waals surface area contributed by atoms with Gasteiger partial charge in [0.25, 0.3) is 13.7 Å². The first-order valence-electron chi connectivity index (χ1n) is 9.58. The zero-order valence-electron chi connectivity index (χ0n) is 17.5. The van der Waals surface area contributed by atoms with E-state index in [0.717, 1.165) is 0 Å². The average molecular weight is 483 g/mol. The molecular formula is C21H22ClNO8P-. The summed E-state index contributed by atoms with van der Waals surface area (Å²) in [5.74, 6) is -0.236. The highest BCUT2D eigenvalue weighted by Crippen LogP contribution is 2.42. The minimum absolute atomic E-state index is 0.189. The van der Waals surface area contributed by atoms with Crippen molar-refractivity contribution >= 4 is 31.1 Å². The van der Waals surface area contributed by atoms with Crippen molar-refractivity contribution in [2.75, 3.05) is 6.79 Å². The van der Waals surface area contributed by atoms with Crippen LogP contribution in [0, 0.1) is 0 Å². The monoisotopic (exact) mass is 482 g/mol. The van der Waals surface area contributed by atoms with Crippen molar-refractivity contribution < 1.29 is 37.9 Å². The van der Waals surface area contributed by atoms with Gasteiger partial charge in [0.15, 0.2) is 12.6 Å². The van der Waals surface area contributed by atoms with Gasteiger partial charge in [-0.2, -0.15) is 0 Å². The lowest BCUT2D eigenvalue weighted by Crippen LogP contribution is -2.55.